The van der Waals surface area contributed by atoms with E-state index in [-0.39, 0.29) is 17.2 Å². The maximum Gasteiger partial charge on any atom is 0.284 e. The number of aromatic nitrogens is 2. The molecule has 2 rings (SSSR count). The summed E-state index contributed by atoms with van der Waals surface area (Å²) in [5, 5.41) is 17.6. The van der Waals surface area contributed by atoms with Gasteiger partial charge in [0.25, 0.3) is 11.6 Å². The number of carbonyl (C=O) groups excluding carboxylic acids is 1. The molecule has 2 aromatic rings. The third-order valence-electron chi connectivity index (χ3n) is 2.79. The number of nitro benzene ring substituents is 1. The van der Waals surface area contributed by atoms with Gasteiger partial charge in [-0.3, -0.25) is 19.6 Å². The first-order chi connectivity index (χ1) is 9.97. The SMILES string of the molecule is Cc1cnn(CCNC(=O)c2ccc(Br)c([N+](=O)[O-])c2)c1. The molecule has 1 aromatic heterocycles. The van der Waals surface area contributed by atoms with E-state index in [0.29, 0.717) is 17.6 Å². The summed E-state index contributed by atoms with van der Waals surface area (Å²) in [7, 11) is 0. The largest absolute Gasteiger partial charge is 0.350 e. The standard InChI is InChI=1S/C13H13BrN4O3/c1-9-7-16-17(8-9)5-4-15-13(19)10-2-3-11(14)12(6-10)18(20)21/h2-3,6-8H,4-5H2,1H3,(H,15,19). The molecular weight excluding hydrogens is 340 g/mol. The van der Waals surface area contributed by atoms with Crippen molar-refractivity contribution >= 4 is 27.5 Å². The van der Waals surface area contributed by atoms with E-state index in [1.807, 2.05) is 13.1 Å². The molecule has 0 unspecified atom stereocenters. The predicted octanol–water partition coefficient (Wildman–Crippen LogP) is 2.29. The summed E-state index contributed by atoms with van der Waals surface area (Å²) in [6, 6.07) is 4.27. The normalized spacial score (nSPS) is 10.4. The van der Waals surface area contributed by atoms with Crippen molar-refractivity contribution < 1.29 is 9.72 Å². The van der Waals surface area contributed by atoms with Crippen LogP contribution in [0.3, 0.4) is 0 Å². The maximum absolute atomic E-state index is 11.9. The van der Waals surface area contributed by atoms with Gasteiger partial charge in [-0.15, -0.1) is 0 Å². The van der Waals surface area contributed by atoms with Gasteiger partial charge in [-0.2, -0.15) is 5.10 Å². The zero-order valence-corrected chi connectivity index (χ0v) is 12.8. The van der Waals surface area contributed by atoms with Crippen LogP contribution in [-0.4, -0.2) is 27.2 Å². The summed E-state index contributed by atoms with van der Waals surface area (Å²) in [5.74, 6) is -0.352. The molecule has 0 saturated carbocycles. The smallest absolute Gasteiger partial charge is 0.284 e. The van der Waals surface area contributed by atoms with Crippen LogP contribution in [0.4, 0.5) is 5.69 Å². The number of carbonyl (C=O) groups is 1. The van der Waals surface area contributed by atoms with Crippen LogP contribution in [0.15, 0.2) is 35.1 Å². The van der Waals surface area contributed by atoms with Gasteiger partial charge in [0.05, 0.1) is 22.1 Å². The number of benzene rings is 1. The number of aryl methyl sites for hydroxylation is 1. The lowest BCUT2D eigenvalue weighted by Gasteiger charge is -2.06. The Morgan fingerprint density at radius 3 is 2.90 bits per heavy atom. The number of rotatable bonds is 5. The maximum atomic E-state index is 11.9. The Bertz CT molecular complexity index is 684. The highest BCUT2D eigenvalue weighted by atomic mass is 79.9. The highest BCUT2D eigenvalue weighted by molar-refractivity contribution is 9.10. The van der Waals surface area contributed by atoms with Crippen molar-refractivity contribution in [2.45, 2.75) is 13.5 Å². The lowest BCUT2D eigenvalue weighted by atomic mass is 10.2. The number of hydrogen-bond acceptors (Lipinski definition) is 4. The second-order valence-corrected chi connectivity index (χ2v) is 5.31. The zero-order chi connectivity index (χ0) is 15.4. The number of hydrogen-bond donors (Lipinski definition) is 1. The molecule has 8 heteroatoms. The van der Waals surface area contributed by atoms with Gasteiger partial charge in [0.1, 0.15) is 0 Å². The van der Waals surface area contributed by atoms with E-state index in [0.717, 1.165) is 5.56 Å². The van der Waals surface area contributed by atoms with Crippen molar-refractivity contribution in [1.29, 1.82) is 0 Å². The number of halogens is 1. The van der Waals surface area contributed by atoms with Crippen molar-refractivity contribution in [3.05, 3.63) is 56.3 Å². The average molecular weight is 353 g/mol. The number of nitrogens with one attached hydrogen (secondary N) is 1. The molecule has 110 valence electrons. The molecule has 1 heterocycles. The fourth-order valence-electron chi connectivity index (χ4n) is 1.77. The first-order valence-corrected chi connectivity index (χ1v) is 6.98. The van der Waals surface area contributed by atoms with Crippen molar-refractivity contribution in [3.63, 3.8) is 0 Å². The molecule has 0 spiro atoms. The van der Waals surface area contributed by atoms with Crippen LogP contribution >= 0.6 is 15.9 Å². The summed E-state index contributed by atoms with van der Waals surface area (Å²) < 4.78 is 2.07. The van der Waals surface area contributed by atoms with Gasteiger partial charge in [0.15, 0.2) is 0 Å². The van der Waals surface area contributed by atoms with Gasteiger partial charge in [0.2, 0.25) is 0 Å². The number of amides is 1. The minimum Gasteiger partial charge on any atom is -0.350 e. The highest BCUT2D eigenvalue weighted by Crippen LogP contribution is 2.25. The summed E-state index contributed by atoms with van der Waals surface area (Å²) in [6.45, 7) is 2.87. The average Bonchev–Trinajstić information content (AvgIpc) is 2.84. The van der Waals surface area contributed by atoms with Gasteiger partial charge < -0.3 is 5.32 Å². The van der Waals surface area contributed by atoms with E-state index < -0.39 is 4.92 Å². The first kappa shape index (κ1) is 15.2. The molecule has 1 N–H and O–H groups in total. The minimum absolute atomic E-state index is 0.134. The number of nitro groups is 1. The molecule has 21 heavy (non-hydrogen) atoms. The summed E-state index contributed by atoms with van der Waals surface area (Å²) >= 11 is 3.08. The molecule has 0 radical (unpaired) electrons. The molecule has 0 saturated heterocycles. The molecule has 7 nitrogen and oxygen atoms in total. The van der Waals surface area contributed by atoms with E-state index in [4.69, 9.17) is 0 Å². The predicted molar refractivity (Wildman–Crippen MR) is 80.1 cm³/mol. The van der Waals surface area contributed by atoms with E-state index in [1.54, 1.807) is 10.9 Å². The minimum atomic E-state index is -0.534. The molecule has 0 atom stereocenters. The lowest BCUT2D eigenvalue weighted by molar-refractivity contribution is -0.385. The van der Waals surface area contributed by atoms with Crippen LogP contribution in [-0.2, 0) is 6.54 Å². The van der Waals surface area contributed by atoms with Crippen LogP contribution in [0.1, 0.15) is 15.9 Å². The molecule has 0 fully saturated rings. The third-order valence-corrected chi connectivity index (χ3v) is 3.46. The Morgan fingerprint density at radius 2 is 2.29 bits per heavy atom. The number of nitrogens with zero attached hydrogens (tertiary/aromatic N) is 3. The Morgan fingerprint density at radius 1 is 1.52 bits per heavy atom. The molecule has 0 aliphatic rings. The van der Waals surface area contributed by atoms with Gasteiger partial charge in [0, 0.05) is 24.4 Å². The second kappa shape index (κ2) is 6.49. The molecule has 1 amide bonds. The van der Waals surface area contributed by atoms with Gasteiger partial charge in [-0.05, 0) is 40.5 Å². The van der Waals surface area contributed by atoms with Crippen LogP contribution in [0, 0.1) is 17.0 Å². The first-order valence-electron chi connectivity index (χ1n) is 6.18. The molecular formula is C13H13BrN4O3. The van der Waals surface area contributed by atoms with Gasteiger partial charge >= 0.3 is 0 Å². The molecule has 0 aliphatic heterocycles. The Labute approximate surface area is 129 Å². The zero-order valence-electron chi connectivity index (χ0n) is 11.2. The third kappa shape index (κ3) is 3.88. The van der Waals surface area contributed by atoms with E-state index >= 15 is 0 Å². The molecule has 0 aliphatic carbocycles. The van der Waals surface area contributed by atoms with E-state index in [2.05, 4.69) is 26.3 Å². The van der Waals surface area contributed by atoms with Crippen molar-refractivity contribution in [3.8, 4) is 0 Å². The van der Waals surface area contributed by atoms with Crippen molar-refractivity contribution in [2.24, 2.45) is 0 Å². The van der Waals surface area contributed by atoms with Crippen molar-refractivity contribution in [1.82, 2.24) is 15.1 Å². The summed E-state index contributed by atoms with van der Waals surface area (Å²) in [4.78, 5) is 22.2. The Hall–Kier alpha value is -2.22. The van der Waals surface area contributed by atoms with Crippen LogP contribution in [0.5, 0.6) is 0 Å². The van der Waals surface area contributed by atoms with Gasteiger partial charge in [-0.1, -0.05) is 0 Å². The van der Waals surface area contributed by atoms with Gasteiger partial charge in [-0.25, -0.2) is 0 Å². The van der Waals surface area contributed by atoms with Crippen LogP contribution in [0.2, 0.25) is 0 Å². The van der Waals surface area contributed by atoms with E-state index in [9.17, 15) is 14.9 Å². The fourth-order valence-corrected chi connectivity index (χ4v) is 2.16. The monoisotopic (exact) mass is 352 g/mol. The fraction of sp³-hybridized carbons (Fsp3) is 0.231. The molecule has 1 aromatic carbocycles. The topological polar surface area (TPSA) is 90.1 Å². The molecule has 0 bridgehead atoms. The van der Waals surface area contributed by atoms with Crippen LogP contribution < -0.4 is 5.32 Å². The quantitative estimate of drug-likeness (QED) is 0.660. The van der Waals surface area contributed by atoms with E-state index in [1.165, 1.54) is 18.2 Å². The second-order valence-electron chi connectivity index (χ2n) is 4.46. The summed E-state index contributed by atoms with van der Waals surface area (Å²) in [6.07, 6.45) is 3.61. The lowest BCUT2D eigenvalue weighted by Crippen LogP contribution is -2.27. The van der Waals surface area contributed by atoms with Crippen molar-refractivity contribution in [2.75, 3.05) is 6.54 Å². The Balaban J connectivity index is 1.97. The Kier molecular flexibility index (Phi) is 4.69. The summed E-state index contributed by atoms with van der Waals surface area (Å²) in [5.41, 5.74) is 1.16. The highest BCUT2D eigenvalue weighted by Gasteiger charge is 2.15. The van der Waals surface area contributed by atoms with Crippen LogP contribution in [0.25, 0.3) is 0 Å².